The second kappa shape index (κ2) is 11.2. The van der Waals surface area contributed by atoms with E-state index in [-0.39, 0.29) is 11.3 Å². The van der Waals surface area contributed by atoms with Crippen LogP contribution in [-0.4, -0.2) is 75.5 Å². The van der Waals surface area contributed by atoms with E-state index in [0.29, 0.717) is 32.2 Å². The van der Waals surface area contributed by atoms with E-state index in [1.165, 1.54) is 6.08 Å². The van der Waals surface area contributed by atoms with Crippen LogP contribution in [0, 0.1) is 5.41 Å². The number of rotatable bonds is 7. The summed E-state index contributed by atoms with van der Waals surface area (Å²) in [6.45, 7) is 8.32. The maximum Gasteiger partial charge on any atom is 0.244 e. The molecule has 2 aliphatic rings. The number of aromatic amines is 2. The molecule has 2 aliphatic heterocycles. The normalized spacial score (nSPS) is 23.0. The van der Waals surface area contributed by atoms with E-state index < -0.39 is 5.60 Å². The topological polar surface area (TPSA) is 134 Å². The molecule has 1 aromatic carbocycles. The van der Waals surface area contributed by atoms with Crippen LogP contribution in [0.15, 0.2) is 49.1 Å². The number of aromatic nitrogens is 6. The van der Waals surface area contributed by atoms with Gasteiger partial charge in [0.25, 0.3) is 0 Å². The summed E-state index contributed by atoms with van der Waals surface area (Å²) in [6.07, 6.45) is 10.1. The molecule has 5 aromatic rings. The van der Waals surface area contributed by atoms with Crippen molar-refractivity contribution in [1.29, 1.82) is 0 Å². The summed E-state index contributed by atoms with van der Waals surface area (Å²) in [5.41, 5.74) is 2.99. The molecule has 0 radical (unpaired) electrons. The fourth-order valence-electron chi connectivity index (χ4n) is 5.68. The molecular formula is C31H34N8O3S. The van der Waals surface area contributed by atoms with Gasteiger partial charge in [-0.15, -0.1) is 11.3 Å². The summed E-state index contributed by atoms with van der Waals surface area (Å²) in [5.74, 6) is 1.49. The number of thiophene rings is 1. The number of fused-ring (bicyclic) bond motifs is 2. The number of ether oxygens (including phenoxy) is 2. The second-order valence-electron chi connectivity index (χ2n) is 11.8. The molecule has 7 rings (SSSR count). The highest BCUT2D eigenvalue weighted by molar-refractivity contribution is 7.19. The number of benzene rings is 1. The predicted octanol–water partition coefficient (Wildman–Crippen LogP) is 4.66. The molecule has 4 aromatic heterocycles. The first-order chi connectivity index (χ1) is 20.9. The molecule has 2 saturated heterocycles. The Morgan fingerprint density at radius 3 is 2.86 bits per heavy atom. The summed E-state index contributed by atoms with van der Waals surface area (Å²) in [7, 11) is 0. The number of amides is 1. The molecule has 2 unspecified atom stereocenters. The van der Waals surface area contributed by atoms with Gasteiger partial charge in [-0.3, -0.25) is 9.89 Å². The number of hydrogen-bond donors (Lipinski definition) is 3. The number of morpholine rings is 1. The van der Waals surface area contributed by atoms with Crippen LogP contribution in [0.25, 0.3) is 38.6 Å². The van der Waals surface area contributed by atoms with Gasteiger partial charge in [-0.1, -0.05) is 19.1 Å². The van der Waals surface area contributed by atoms with Crippen LogP contribution in [0.1, 0.15) is 37.3 Å². The first-order valence-corrected chi connectivity index (χ1v) is 15.4. The third kappa shape index (κ3) is 5.53. The maximum absolute atomic E-state index is 12.4. The monoisotopic (exact) mass is 598 g/mol. The number of imidazole rings is 1. The highest BCUT2D eigenvalue weighted by Crippen LogP contribution is 2.46. The third-order valence-electron chi connectivity index (χ3n) is 8.48. The van der Waals surface area contributed by atoms with Crippen molar-refractivity contribution < 1.29 is 14.3 Å². The van der Waals surface area contributed by atoms with Gasteiger partial charge in [0.1, 0.15) is 0 Å². The van der Waals surface area contributed by atoms with Crippen molar-refractivity contribution in [3.05, 3.63) is 59.6 Å². The summed E-state index contributed by atoms with van der Waals surface area (Å²) in [4.78, 5) is 33.0. The van der Waals surface area contributed by atoms with Gasteiger partial charge >= 0.3 is 0 Å². The van der Waals surface area contributed by atoms with Crippen molar-refractivity contribution in [2.24, 2.45) is 5.41 Å². The molecule has 0 saturated carbocycles. The van der Waals surface area contributed by atoms with Crippen LogP contribution in [0.5, 0.6) is 0 Å². The fourth-order valence-corrected chi connectivity index (χ4v) is 6.93. The smallest absolute Gasteiger partial charge is 0.244 e. The zero-order valence-electron chi connectivity index (χ0n) is 24.2. The Bertz CT molecular complexity index is 1780. The number of anilines is 1. The Kier molecular flexibility index (Phi) is 7.20. The molecule has 43 heavy (non-hydrogen) atoms. The van der Waals surface area contributed by atoms with Crippen LogP contribution in [0.3, 0.4) is 0 Å². The van der Waals surface area contributed by atoms with E-state index in [1.54, 1.807) is 29.9 Å². The number of carbonyl (C=O) groups excluding carboxylic acids is 1. The van der Waals surface area contributed by atoms with Crippen LogP contribution in [-0.2, 0) is 19.9 Å². The van der Waals surface area contributed by atoms with Gasteiger partial charge < -0.3 is 24.7 Å². The third-order valence-corrected chi connectivity index (χ3v) is 9.84. The first kappa shape index (κ1) is 27.7. The lowest BCUT2D eigenvalue weighted by molar-refractivity contribution is -0.127. The minimum absolute atomic E-state index is 0.134. The number of hydrogen-bond acceptors (Lipinski definition) is 9. The van der Waals surface area contributed by atoms with Crippen LogP contribution in [0.2, 0.25) is 0 Å². The van der Waals surface area contributed by atoms with E-state index in [0.717, 1.165) is 69.0 Å². The Hall–Kier alpha value is -4.13. The Morgan fingerprint density at radius 2 is 2.07 bits per heavy atom. The summed E-state index contributed by atoms with van der Waals surface area (Å²) < 4.78 is 13.3. The van der Waals surface area contributed by atoms with Crippen LogP contribution < -0.4 is 10.2 Å². The molecular weight excluding hydrogens is 564 g/mol. The average molecular weight is 599 g/mol. The summed E-state index contributed by atoms with van der Waals surface area (Å²) in [6, 6.07) is 8.24. The lowest BCUT2D eigenvalue weighted by Gasteiger charge is -2.42. The van der Waals surface area contributed by atoms with Crippen LogP contribution in [0.4, 0.5) is 5.82 Å². The standard InChI is InChI=1S/C31H34N8O3S/c1-30(17-33-26(40)7-6-20-15-32-19-34-20)8-9-31(2,42-18-30)25-14-24-27(43-25)29(39-10-12-41-13-11-39)37-28(36-24)21-4-3-5-23-22(21)16-35-38-23/h3-7,14-16,19H,8-13,17-18H2,1-2H3,(H,32,34)(H,33,40)(H,35,38)/b7-6+. The first-order valence-electron chi connectivity index (χ1n) is 14.5. The Balaban J connectivity index is 1.14. The van der Waals surface area contributed by atoms with Crippen molar-refractivity contribution in [1.82, 2.24) is 35.5 Å². The van der Waals surface area contributed by atoms with Crippen LogP contribution >= 0.6 is 11.3 Å². The van der Waals surface area contributed by atoms with Gasteiger partial charge in [0, 0.05) is 47.0 Å². The van der Waals surface area contributed by atoms with Gasteiger partial charge in [-0.05, 0) is 38.0 Å². The number of carbonyl (C=O) groups is 1. The van der Waals surface area contributed by atoms with Crippen molar-refractivity contribution in [2.45, 2.75) is 32.3 Å². The van der Waals surface area contributed by atoms with E-state index in [9.17, 15) is 4.79 Å². The number of H-pyrrole nitrogens is 2. The zero-order chi connectivity index (χ0) is 29.4. The largest absolute Gasteiger partial charge is 0.378 e. The van der Waals surface area contributed by atoms with Gasteiger partial charge in [-0.2, -0.15) is 5.10 Å². The SMILES string of the molecule is CC1(CNC(=O)/C=C/c2cnc[nH]2)CCC(C)(c2cc3nc(-c4cccc5[nH]ncc45)nc(N4CCOCC4)c3s2)OC1. The molecule has 2 atom stereocenters. The molecule has 222 valence electrons. The number of nitrogens with one attached hydrogen (secondary N) is 3. The average Bonchev–Trinajstić information content (AvgIpc) is 3.82. The van der Waals surface area contributed by atoms with E-state index in [4.69, 9.17) is 19.4 Å². The fraction of sp³-hybridized carbons (Fsp3) is 0.387. The molecule has 2 fully saturated rings. The van der Waals surface area contributed by atoms with Crippen molar-refractivity contribution >= 4 is 50.3 Å². The molecule has 3 N–H and O–H groups in total. The van der Waals surface area contributed by atoms with E-state index in [1.807, 2.05) is 24.4 Å². The molecule has 0 aliphatic carbocycles. The highest BCUT2D eigenvalue weighted by Gasteiger charge is 2.41. The lowest BCUT2D eigenvalue weighted by atomic mass is 9.79. The highest BCUT2D eigenvalue weighted by atomic mass is 32.1. The minimum atomic E-state index is -0.456. The summed E-state index contributed by atoms with van der Waals surface area (Å²) >= 11 is 1.72. The quantitative estimate of drug-likeness (QED) is 0.231. The zero-order valence-corrected chi connectivity index (χ0v) is 25.0. The van der Waals surface area contributed by atoms with Crippen molar-refractivity contribution in [3.8, 4) is 11.4 Å². The molecule has 0 bridgehead atoms. The second-order valence-corrected chi connectivity index (χ2v) is 12.9. The number of nitrogens with zero attached hydrogens (tertiary/aromatic N) is 5. The van der Waals surface area contributed by atoms with Gasteiger partial charge in [0.05, 0.1) is 65.6 Å². The maximum atomic E-state index is 12.4. The van der Waals surface area contributed by atoms with E-state index >= 15 is 0 Å². The van der Waals surface area contributed by atoms with Crippen molar-refractivity contribution in [2.75, 3.05) is 44.4 Å². The predicted molar refractivity (Wildman–Crippen MR) is 167 cm³/mol. The molecule has 6 heterocycles. The summed E-state index contributed by atoms with van der Waals surface area (Å²) in [5, 5.41) is 11.3. The van der Waals surface area contributed by atoms with Gasteiger partial charge in [0.15, 0.2) is 11.6 Å². The molecule has 0 spiro atoms. The Labute approximate surface area is 252 Å². The van der Waals surface area contributed by atoms with Crippen molar-refractivity contribution in [3.63, 3.8) is 0 Å². The molecule has 12 heteroatoms. The Morgan fingerprint density at radius 1 is 1.19 bits per heavy atom. The lowest BCUT2D eigenvalue weighted by Crippen LogP contribution is -2.45. The minimum Gasteiger partial charge on any atom is -0.378 e. The molecule has 1 amide bonds. The van der Waals surface area contributed by atoms with E-state index in [2.05, 4.69) is 50.3 Å². The van der Waals surface area contributed by atoms with Gasteiger partial charge in [-0.25, -0.2) is 15.0 Å². The van der Waals surface area contributed by atoms with Gasteiger partial charge in [0.2, 0.25) is 5.91 Å². The molecule has 11 nitrogen and oxygen atoms in total.